The Morgan fingerprint density at radius 1 is 0.333 bits per heavy atom. The third-order valence-corrected chi connectivity index (χ3v) is 12.5. The summed E-state index contributed by atoms with van der Waals surface area (Å²) in [5.41, 5.74) is 8.09. The Labute approximate surface area is 321 Å². The number of aromatic hydroxyl groups is 2. The lowest BCUT2D eigenvalue weighted by molar-refractivity contribution is 0.462. The van der Waals surface area contributed by atoms with E-state index in [1.807, 2.05) is 0 Å². The molecule has 0 saturated carbocycles. The zero-order valence-electron chi connectivity index (χ0n) is 34.7. The van der Waals surface area contributed by atoms with Crippen molar-refractivity contribution < 1.29 is 10.2 Å². The molecular formula is C48H82O2S. The molecule has 0 fully saturated rings. The number of hydrogen-bond acceptors (Lipinski definition) is 3. The normalized spacial score (nSPS) is 11.6. The van der Waals surface area contributed by atoms with Crippen LogP contribution in [0.25, 0.3) is 0 Å². The van der Waals surface area contributed by atoms with Gasteiger partial charge in [0.15, 0.2) is 0 Å². The van der Waals surface area contributed by atoms with Crippen molar-refractivity contribution in [2.45, 2.75) is 244 Å². The van der Waals surface area contributed by atoms with Crippen LogP contribution in [-0.4, -0.2) is 10.2 Å². The maximum absolute atomic E-state index is 11.7. The topological polar surface area (TPSA) is 40.5 Å². The van der Waals surface area contributed by atoms with E-state index in [0.717, 1.165) is 51.4 Å². The summed E-state index contributed by atoms with van der Waals surface area (Å²) in [6.07, 6.45) is 35.7. The largest absolute Gasteiger partial charge is 0.508 e. The summed E-state index contributed by atoms with van der Waals surface area (Å²) in [6.45, 7) is 13.8. The van der Waals surface area contributed by atoms with Crippen molar-refractivity contribution in [1.29, 1.82) is 0 Å². The Morgan fingerprint density at radius 3 is 0.863 bits per heavy atom. The van der Waals surface area contributed by atoms with E-state index < -0.39 is 0 Å². The summed E-state index contributed by atoms with van der Waals surface area (Å²) < 4.78 is 0. The second kappa shape index (κ2) is 28.8. The highest BCUT2D eigenvalue weighted by molar-refractivity contribution is 7.99. The van der Waals surface area contributed by atoms with E-state index in [0.29, 0.717) is 11.5 Å². The number of phenols is 2. The minimum atomic E-state index is 0.550. The van der Waals surface area contributed by atoms with Crippen molar-refractivity contribution >= 4 is 11.8 Å². The lowest BCUT2D eigenvalue weighted by atomic mass is 9.91. The van der Waals surface area contributed by atoms with Gasteiger partial charge in [0.1, 0.15) is 11.5 Å². The summed E-state index contributed by atoms with van der Waals surface area (Å²) in [5, 5.41) is 23.5. The standard InChI is InChI=1S/C48H82O2S/c1-7-13-19-25-31-39-37-45(49)41(33-27-21-15-9-3)43(35-29-23-17-11-5)47(39)51-48-40(32-26-20-14-8-2)38-46(50)42(34-28-22-16-10-4)44(48)36-30-24-18-12-6/h37-38,49-50H,7-36H2,1-6H3. The van der Waals surface area contributed by atoms with Crippen LogP contribution in [0.15, 0.2) is 21.9 Å². The third-order valence-electron chi connectivity index (χ3n) is 11.0. The molecule has 2 rings (SSSR count). The Morgan fingerprint density at radius 2 is 0.588 bits per heavy atom. The van der Waals surface area contributed by atoms with Gasteiger partial charge in [-0.05, 0) is 123 Å². The van der Waals surface area contributed by atoms with E-state index in [1.165, 1.54) is 184 Å². The molecule has 2 nitrogen and oxygen atoms in total. The maximum Gasteiger partial charge on any atom is 0.119 e. The minimum absolute atomic E-state index is 0.550. The van der Waals surface area contributed by atoms with Crippen LogP contribution in [-0.2, 0) is 38.5 Å². The molecule has 0 bridgehead atoms. The molecule has 3 heteroatoms. The first-order valence-corrected chi connectivity index (χ1v) is 23.2. The van der Waals surface area contributed by atoms with Crippen molar-refractivity contribution in [1.82, 2.24) is 0 Å². The Balaban J connectivity index is 2.83. The maximum atomic E-state index is 11.7. The third kappa shape index (κ3) is 16.9. The highest BCUT2D eigenvalue weighted by Crippen LogP contribution is 2.46. The van der Waals surface area contributed by atoms with Gasteiger partial charge in [-0.2, -0.15) is 0 Å². The average Bonchev–Trinajstić information content (AvgIpc) is 3.12. The van der Waals surface area contributed by atoms with Crippen LogP contribution in [0.3, 0.4) is 0 Å². The molecule has 2 N–H and O–H groups in total. The summed E-state index contributed by atoms with van der Waals surface area (Å²) in [6, 6.07) is 4.37. The second-order valence-corrected chi connectivity index (χ2v) is 16.7. The van der Waals surface area contributed by atoms with Gasteiger partial charge >= 0.3 is 0 Å². The van der Waals surface area contributed by atoms with Crippen LogP contribution >= 0.6 is 11.8 Å². The van der Waals surface area contributed by atoms with Gasteiger partial charge in [0.2, 0.25) is 0 Å². The molecule has 0 atom stereocenters. The molecule has 2 aromatic rings. The zero-order chi connectivity index (χ0) is 37.1. The fraction of sp³-hybridized carbons (Fsp3) is 0.750. The first kappa shape index (κ1) is 45.5. The predicted molar refractivity (Wildman–Crippen MR) is 227 cm³/mol. The van der Waals surface area contributed by atoms with E-state index in [9.17, 15) is 10.2 Å². The van der Waals surface area contributed by atoms with Gasteiger partial charge in [-0.25, -0.2) is 0 Å². The van der Waals surface area contributed by atoms with Crippen LogP contribution in [0.4, 0.5) is 0 Å². The molecule has 0 aliphatic heterocycles. The van der Waals surface area contributed by atoms with Crippen LogP contribution in [0.1, 0.15) is 229 Å². The molecule has 292 valence electrons. The van der Waals surface area contributed by atoms with Gasteiger partial charge in [-0.3, -0.25) is 0 Å². The molecule has 0 radical (unpaired) electrons. The predicted octanol–water partition coefficient (Wildman–Crippen LogP) is 16.0. The summed E-state index contributed by atoms with van der Waals surface area (Å²) in [4.78, 5) is 2.91. The molecule has 0 aliphatic rings. The number of unbranched alkanes of at least 4 members (excludes halogenated alkanes) is 18. The molecule has 0 unspecified atom stereocenters. The van der Waals surface area contributed by atoms with E-state index in [1.54, 1.807) is 0 Å². The van der Waals surface area contributed by atoms with Gasteiger partial charge in [0.25, 0.3) is 0 Å². The highest BCUT2D eigenvalue weighted by atomic mass is 32.2. The van der Waals surface area contributed by atoms with E-state index >= 15 is 0 Å². The van der Waals surface area contributed by atoms with Crippen LogP contribution in [0, 0.1) is 0 Å². The van der Waals surface area contributed by atoms with Gasteiger partial charge in [0, 0.05) is 9.79 Å². The smallest absolute Gasteiger partial charge is 0.119 e. The van der Waals surface area contributed by atoms with Crippen molar-refractivity contribution in [2.24, 2.45) is 0 Å². The average molecular weight is 723 g/mol. The van der Waals surface area contributed by atoms with Crippen LogP contribution < -0.4 is 0 Å². The van der Waals surface area contributed by atoms with Gasteiger partial charge in [0.05, 0.1) is 0 Å². The van der Waals surface area contributed by atoms with Crippen LogP contribution in [0.2, 0.25) is 0 Å². The van der Waals surface area contributed by atoms with Crippen molar-refractivity contribution in [3.05, 3.63) is 45.5 Å². The second-order valence-electron chi connectivity index (χ2n) is 15.6. The summed E-state index contributed by atoms with van der Waals surface area (Å²) in [5.74, 6) is 1.10. The number of aryl methyl sites for hydroxylation is 2. The fourth-order valence-corrected chi connectivity index (χ4v) is 9.30. The van der Waals surface area contributed by atoms with Gasteiger partial charge in [-0.1, -0.05) is 169 Å². The van der Waals surface area contributed by atoms with Crippen LogP contribution in [0.5, 0.6) is 11.5 Å². The van der Waals surface area contributed by atoms with Crippen molar-refractivity contribution in [3.8, 4) is 11.5 Å². The quantitative estimate of drug-likeness (QED) is 0.0739. The Hall–Kier alpha value is -1.61. The SMILES string of the molecule is CCCCCCc1cc(O)c(CCCCCC)c(CCCCCC)c1Sc1c(CCCCCC)cc(O)c(CCCCCC)c1CCCCCC. The lowest BCUT2D eigenvalue weighted by Gasteiger charge is -2.25. The van der Waals surface area contributed by atoms with E-state index in [-0.39, 0.29) is 0 Å². The van der Waals surface area contributed by atoms with Crippen molar-refractivity contribution in [2.75, 3.05) is 0 Å². The first-order chi connectivity index (χ1) is 25.0. The fourth-order valence-electron chi connectivity index (χ4n) is 7.82. The minimum Gasteiger partial charge on any atom is -0.508 e. The number of phenolic OH excluding ortho intramolecular Hbond substituents is 2. The zero-order valence-corrected chi connectivity index (χ0v) is 35.5. The monoisotopic (exact) mass is 723 g/mol. The highest BCUT2D eigenvalue weighted by Gasteiger charge is 2.24. The molecule has 0 saturated heterocycles. The van der Waals surface area contributed by atoms with Crippen molar-refractivity contribution in [3.63, 3.8) is 0 Å². The molecule has 51 heavy (non-hydrogen) atoms. The summed E-state index contributed by atoms with van der Waals surface area (Å²) >= 11 is 2.06. The number of hydrogen-bond donors (Lipinski definition) is 2. The first-order valence-electron chi connectivity index (χ1n) is 22.4. The Bertz CT molecular complexity index is 1090. The van der Waals surface area contributed by atoms with Gasteiger partial charge < -0.3 is 10.2 Å². The number of benzene rings is 2. The van der Waals surface area contributed by atoms with E-state index in [4.69, 9.17) is 0 Å². The van der Waals surface area contributed by atoms with E-state index in [2.05, 4.69) is 65.4 Å². The molecule has 0 amide bonds. The molecule has 0 aromatic heterocycles. The molecule has 2 aromatic carbocycles. The summed E-state index contributed by atoms with van der Waals surface area (Å²) in [7, 11) is 0. The van der Waals surface area contributed by atoms with Gasteiger partial charge in [-0.15, -0.1) is 0 Å². The molecule has 0 heterocycles. The molecule has 0 spiro atoms. The number of rotatable bonds is 32. The molecule has 0 aliphatic carbocycles. The lowest BCUT2D eigenvalue weighted by Crippen LogP contribution is -2.07. The Kier molecular flexibility index (Phi) is 25.8. The molecular weight excluding hydrogens is 641 g/mol.